The van der Waals surface area contributed by atoms with E-state index in [0.29, 0.717) is 22.5 Å². The van der Waals surface area contributed by atoms with E-state index in [4.69, 9.17) is 5.73 Å². The van der Waals surface area contributed by atoms with Gasteiger partial charge in [0.25, 0.3) is 5.91 Å². The molecular formula is C13H22N4OS. The molecule has 5 nitrogen and oxygen atoms in total. The number of hydrogen-bond acceptors (Lipinski definition) is 5. The highest BCUT2D eigenvalue weighted by Crippen LogP contribution is 2.29. The maximum atomic E-state index is 12.5. The minimum absolute atomic E-state index is 0.0258. The number of likely N-dealkylation sites (tertiary alicyclic amines) is 1. The molecule has 0 aliphatic carbocycles. The summed E-state index contributed by atoms with van der Waals surface area (Å²) < 4.78 is 0. The minimum atomic E-state index is 0.0258. The third-order valence-electron chi connectivity index (χ3n) is 3.80. The molecule has 0 spiro atoms. The minimum Gasteiger partial charge on any atom is -0.382 e. The number of nitrogens with two attached hydrogens (primary N) is 1. The summed E-state index contributed by atoms with van der Waals surface area (Å²) >= 11 is 1.35. The fourth-order valence-corrected chi connectivity index (χ4v) is 3.22. The third-order valence-corrected chi connectivity index (χ3v) is 4.81. The molecule has 106 valence electrons. The van der Waals surface area contributed by atoms with Crippen molar-refractivity contribution in [2.45, 2.75) is 27.2 Å². The van der Waals surface area contributed by atoms with Gasteiger partial charge in [-0.1, -0.05) is 25.2 Å². The molecule has 0 saturated carbocycles. The van der Waals surface area contributed by atoms with Gasteiger partial charge in [0, 0.05) is 19.6 Å². The normalized spacial score (nSPS) is 23.4. The van der Waals surface area contributed by atoms with Crippen LogP contribution in [-0.4, -0.2) is 35.4 Å². The molecule has 1 saturated heterocycles. The third kappa shape index (κ3) is 3.00. The Balaban J connectivity index is 2.11. The second kappa shape index (κ2) is 5.77. The zero-order chi connectivity index (χ0) is 14.0. The van der Waals surface area contributed by atoms with Crippen LogP contribution in [0, 0.1) is 11.8 Å². The van der Waals surface area contributed by atoms with Gasteiger partial charge in [-0.3, -0.25) is 4.79 Å². The van der Waals surface area contributed by atoms with Crippen molar-refractivity contribution in [3.63, 3.8) is 0 Å². The Labute approximate surface area is 118 Å². The van der Waals surface area contributed by atoms with E-state index in [1.807, 2.05) is 11.8 Å². The summed E-state index contributed by atoms with van der Waals surface area (Å²) in [6.45, 7) is 8.85. The lowest BCUT2D eigenvalue weighted by molar-refractivity contribution is 0.0633. The molecule has 2 rings (SSSR count). The number of carbonyl (C=O) groups is 1. The molecular weight excluding hydrogens is 260 g/mol. The Hall–Kier alpha value is -1.30. The van der Waals surface area contributed by atoms with Crippen molar-refractivity contribution in [3.8, 4) is 0 Å². The van der Waals surface area contributed by atoms with E-state index in [1.54, 1.807) is 0 Å². The summed E-state index contributed by atoms with van der Waals surface area (Å²) in [4.78, 5) is 19.1. The summed E-state index contributed by atoms with van der Waals surface area (Å²) in [5, 5.41) is 3.82. The highest BCUT2D eigenvalue weighted by molar-refractivity contribution is 7.18. The Kier molecular flexibility index (Phi) is 4.29. The Morgan fingerprint density at radius 2 is 2.26 bits per heavy atom. The van der Waals surface area contributed by atoms with Crippen LogP contribution >= 0.6 is 11.3 Å². The summed E-state index contributed by atoms with van der Waals surface area (Å²) in [6.07, 6.45) is 1.06. The highest BCUT2D eigenvalue weighted by Gasteiger charge is 2.28. The number of carbonyl (C=O) groups excluding carboxylic acids is 1. The maximum Gasteiger partial charge on any atom is 0.267 e. The molecule has 1 aliphatic rings. The fourth-order valence-electron chi connectivity index (χ4n) is 2.30. The number of piperidine rings is 1. The van der Waals surface area contributed by atoms with E-state index in [-0.39, 0.29) is 5.91 Å². The highest BCUT2D eigenvalue weighted by atomic mass is 32.1. The SMILES string of the molecule is CCNc1nc(N)c(C(=O)N2CCC(C)C(C)C2)s1. The molecule has 6 heteroatoms. The molecule has 1 aromatic heterocycles. The molecule has 19 heavy (non-hydrogen) atoms. The van der Waals surface area contributed by atoms with Gasteiger partial charge in [0.15, 0.2) is 5.13 Å². The lowest BCUT2D eigenvalue weighted by Gasteiger charge is -2.35. The molecule has 0 radical (unpaired) electrons. The zero-order valence-corrected chi connectivity index (χ0v) is 12.6. The number of anilines is 2. The first-order valence-corrected chi connectivity index (χ1v) is 7.64. The number of hydrogen-bond donors (Lipinski definition) is 2. The largest absolute Gasteiger partial charge is 0.382 e. The number of aromatic nitrogens is 1. The van der Waals surface area contributed by atoms with Crippen LogP contribution in [0.1, 0.15) is 36.9 Å². The molecule has 2 heterocycles. The van der Waals surface area contributed by atoms with Crippen LogP contribution in [0.15, 0.2) is 0 Å². The quantitative estimate of drug-likeness (QED) is 0.892. The van der Waals surface area contributed by atoms with Crippen LogP contribution in [0.2, 0.25) is 0 Å². The van der Waals surface area contributed by atoms with E-state index in [1.165, 1.54) is 11.3 Å². The summed E-state index contributed by atoms with van der Waals surface area (Å²) in [6, 6.07) is 0. The first-order chi connectivity index (χ1) is 9.02. The van der Waals surface area contributed by atoms with Crippen molar-refractivity contribution in [2.24, 2.45) is 11.8 Å². The Morgan fingerprint density at radius 3 is 2.89 bits per heavy atom. The average molecular weight is 282 g/mol. The Morgan fingerprint density at radius 1 is 1.53 bits per heavy atom. The summed E-state index contributed by atoms with van der Waals surface area (Å²) in [5.41, 5.74) is 5.85. The number of rotatable bonds is 3. The maximum absolute atomic E-state index is 12.5. The summed E-state index contributed by atoms with van der Waals surface area (Å²) in [7, 11) is 0. The van der Waals surface area contributed by atoms with Gasteiger partial charge in [-0.2, -0.15) is 0 Å². The molecule has 0 aromatic carbocycles. The topological polar surface area (TPSA) is 71.2 Å². The monoisotopic (exact) mass is 282 g/mol. The predicted molar refractivity (Wildman–Crippen MR) is 79.5 cm³/mol. The van der Waals surface area contributed by atoms with E-state index in [2.05, 4.69) is 24.1 Å². The zero-order valence-electron chi connectivity index (χ0n) is 11.8. The van der Waals surface area contributed by atoms with Crippen LogP contribution in [-0.2, 0) is 0 Å². The van der Waals surface area contributed by atoms with Crippen molar-refractivity contribution in [3.05, 3.63) is 4.88 Å². The van der Waals surface area contributed by atoms with Gasteiger partial charge in [-0.05, 0) is 25.2 Å². The van der Waals surface area contributed by atoms with E-state index in [0.717, 1.165) is 31.2 Å². The van der Waals surface area contributed by atoms with Crippen molar-refractivity contribution >= 4 is 28.2 Å². The molecule has 2 unspecified atom stereocenters. The van der Waals surface area contributed by atoms with Crippen molar-refractivity contribution in [1.82, 2.24) is 9.88 Å². The predicted octanol–water partition coefficient (Wildman–Crippen LogP) is 2.28. The van der Waals surface area contributed by atoms with E-state index >= 15 is 0 Å². The molecule has 0 bridgehead atoms. The molecule has 1 amide bonds. The van der Waals surface area contributed by atoms with Crippen LogP contribution in [0.4, 0.5) is 10.9 Å². The van der Waals surface area contributed by atoms with Gasteiger partial charge in [-0.25, -0.2) is 4.98 Å². The van der Waals surface area contributed by atoms with Gasteiger partial charge in [0.2, 0.25) is 0 Å². The van der Waals surface area contributed by atoms with Gasteiger partial charge in [0.05, 0.1) is 0 Å². The van der Waals surface area contributed by atoms with Gasteiger partial charge in [-0.15, -0.1) is 0 Å². The van der Waals surface area contributed by atoms with Crippen molar-refractivity contribution in [2.75, 3.05) is 30.7 Å². The number of amides is 1. The lowest BCUT2D eigenvalue weighted by atomic mass is 9.88. The van der Waals surface area contributed by atoms with Gasteiger partial charge >= 0.3 is 0 Å². The smallest absolute Gasteiger partial charge is 0.267 e. The number of thiazole rings is 1. The second-order valence-electron chi connectivity index (χ2n) is 5.26. The Bertz CT molecular complexity index is 459. The standard InChI is InChI=1S/C13H22N4OS/c1-4-15-13-16-11(14)10(19-13)12(18)17-6-5-8(2)9(3)7-17/h8-9H,4-7,14H2,1-3H3,(H,15,16). The van der Waals surface area contributed by atoms with Gasteiger partial charge < -0.3 is 16.0 Å². The van der Waals surface area contributed by atoms with Crippen LogP contribution in [0.3, 0.4) is 0 Å². The first kappa shape index (κ1) is 14.1. The van der Waals surface area contributed by atoms with Crippen LogP contribution in [0.5, 0.6) is 0 Å². The van der Waals surface area contributed by atoms with E-state index in [9.17, 15) is 4.79 Å². The van der Waals surface area contributed by atoms with E-state index < -0.39 is 0 Å². The molecule has 2 atom stereocenters. The van der Waals surface area contributed by atoms with Crippen LogP contribution < -0.4 is 11.1 Å². The van der Waals surface area contributed by atoms with Crippen molar-refractivity contribution in [1.29, 1.82) is 0 Å². The molecule has 1 fully saturated rings. The molecule has 3 N–H and O–H groups in total. The van der Waals surface area contributed by atoms with Crippen LogP contribution in [0.25, 0.3) is 0 Å². The number of nitrogens with zero attached hydrogens (tertiary/aromatic N) is 2. The average Bonchev–Trinajstić information content (AvgIpc) is 2.73. The second-order valence-corrected chi connectivity index (χ2v) is 6.26. The first-order valence-electron chi connectivity index (χ1n) is 6.82. The lowest BCUT2D eigenvalue weighted by Crippen LogP contribution is -2.42. The molecule has 1 aliphatic heterocycles. The van der Waals surface area contributed by atoms with Gasteiger partial charge in [0.1, 0.15) is 10.7 Å². The number of nitrogen functional groups attached to an aromatic ring is 1. The number of nitrogens with one attached hydrogen (secondary N) is 1. The summed E-state index contributed by atoms with van der Waals surface area (Å²) in [5.74, 6) is 1.59. The van der Waals surface area contributed by atoms with Crippen molar-refractivity contribution < 1.29 is 4.79 Å². The molecule has 1 aromatic rings. The fraction of sp³-hybridized carbons (Fsp3) is 0.692.